The van der Waals surface area contributed by atoms with Gasteiger partial charge in [0.25, 0.3) is 0 Å². The summed E-state index contributed by atoms with van der Waals surface area (Å²) in [5, 5.41) is 2.06. The van der Waals surface area contributed by atoms with Crippen molar-refractivity contribution in [2.24, 2.45) is 0 Å². The van der Waals surface area contributed by atoms with Crippen molar-refractivity contribution in [1.82, 2.24) is 14.5 Å². The highest BCUT2D eigenvalue weighted by Crippen LogP contribution is 2.46. The summed E-state index contributed by atoms with van der Waals surface area (Å²) >= 11 is 0. The summed E-state index contributed by atoms with van der Waals surface area (Å²) in [6.45, 7) is 0. The zero-order valence-corrected chi connectivity index (χ0v) is 16.6. The molecule has 0 saturated carbocycles. The fraction of sp³-hybridized carbons (Fsp3) is 0. The number of Topliss-reactive ketones (excluding diaryl/α,β-unsaturated/α-hetero) is 2. The van der Waals surface area contributed by atoms with Gasteiger partial charge in [-0.2, -0.15) is 0 Å². The normalized spacial score (nSPS) is 13.9. The molecule has 0 atom stereocenters. The van der Waals surface area contributed by atoms with Crippen LogP contribution in [0.5, 0.6) is 11.5 Å². The number of benzene rings is 3. The van der Waals surface area contributed by atoms with Crippen LogP contribution in [0.2, 0.25) is 0 Å². The van der Waals surface area contributed by atoms with Crippen LogP contribution in [0.4, 0.5) is 0 Å². The number of hydrogen-bond acceptors (Lipinski definition) is 5. The van der Waals surface area contributed by atoms with Crippen LogP contribution in [0.3, 0.4) is 0 Å². The van der Waals surface area contributed by atoms with Gasteiger partial charge in [-0.3, -0.25) is 9.59 Å². The third-order valence-electron chi connectivity index (χ3n) is 6.01. The summed E-state index contributed by atoms with van der Waals surface area (Å²) in [4.78, 5) is 33.7. The van der Waals surface area contributed by atoms with Crippen molar-refractivity contribution in [3.05, 3.63) is 95.6 Å². The monoisotopic (exact) mass is 415 g/mol. The third kappa shape index (κ3) is 2.13. The lowest BCUT2D eigenvalue weighted by atomic mass is 10.0. The van der Waals surface area contributed by atoms with Crippen molar-refractivity contribution in [3.63, 3.8) is 0 Å². The summed E-state index contributed by atoms with van der Waals surface area (Å²) in [6.07, 6.45) is 4.45. The lowest BCUT2D eigenvalue weighted by molar-refractivity contribution is 0.0988. The Morgan fingerprint density at radius 1 is 0.781 bits per heavy atom. The van der Waals surface area contributed by atoms with E-state index in [0.29, 0.717) is 11.3 Å². The average molecular weight is 415 g/mol. The van der Waals surface area contributed by atoms with E-state index in [1.165, 1.54) is 12.4 Å². The molecule has 7 rings (SSSR count). The van der Waals surface area contributed by atoms with Gasteiger partial charge in [0.15, 0.2) is 11.5 Å². The number of aromatic nitrogens is 3. The standard InChI is InChI=1S/C26H13N3O3/c30-25-17(26(31)23-22(25)27-9-10-28-23)12-14-11-16-15-5-1-2-6-18(15)29-19-7-3-4-8-20(19)32-21(13-14)24(16)29/h1-13H. The fourth-order valence-electron chi connectivity index (χ4n) is 4.67. The van der Waals surface area contributed by atoms with Gasteiger partial charge in [-0.25, -0.2) is 9.97 Å². The molecule has 6 nitrogen and oxygen atoms in total. The first-order valence-electron chi connectivity index (χ1n) is 10.2. The van der Waals surface area contributed by atoms with E-state index in [1.807, 2.05) is 48.5 Å². The lowest BCUT2D eigenvalue weighted by Crippen LogP contribution is -2.04. The number of ketones is 2. The van der Waals surface area contributed by atoms with Crippen LogP contribution in [0.1, 0.15) is 26.5 Å². The molecule has 1 aliphatic carbocycles. The maximum absolute atomic E-state index is 12.8. The van der Waals surface area contributed by atoms with Crippen molar-refractivity contribution in [1.29, 1.82) is 0 Å². The predicted octanol–water partition coefficient (Wildman–Crippen LogP) is 5.14. The van der Waals surface area contributed by atoms with Crippen molar-refractivity contribution >= 4 is 39.4 Å². The van der Waals surface area contributed by atoms with Crippen LogP contribution in [-0.4, -0.2) is 26.1 Å². The summed E-state index contributed by atoms with van der Waals surface area (Å²) < 4.78 is 8.45. The summed E-state index contributed by atoms with van der Waals surface area (Å²) in [5.74, 6) is 0.623. The van der Waals surface area contributed by atoms with Gasteiger partial charge in [-0.15, -0.1) is 0 Å². The maximum Gasteiger partial charge on any atom is 0.217 e. The Kier molecular flexibility index (Phi) is 3.20. The van der Waals surface area contributed by atoms with E-state index in [1.54, 1.807) is 6.08 Å². The molecule has 0 N–H and O–H groups in total. The van der Waals surface area contributed by atoms with Crippen LogP contribution in [0, 0.1) is 0 Å². The fourth-order valence-corrected chi connectivity index (χ4v) is 4.67. The number of allylic oxidation sites excluding steroid dienone is 1. The first-order chi connectivity index (χ1) is 15.7. The summed E-state index contributed by atoms with van der Waals surface area (Å²) in [5.41, 5.74) is 3.99. The Balaban J connectivity index is 1.51. The SMILES string of the molecule is O=C1C(=Cc2cc3c4c(c2)c2ccccc2n4-c2ccccc2O3)C(=O)c2nccnc21. The lowest BCUT2D eigenvalue weighted by Gasteiger charge is -2.21. The van der Waals surface area contributed by atoms with E-state index in [4.69, 9.17) is 4.74 Å². The Morgan fingerprint density at radius 3 is 2.31 bits per heavy atom. The van der Waals surface area contributed by atoms with E-state index >= 15 is 0 Å². The number of para-hydroxylation sites is 3. The molecule has 0 radical (unpaired) electrons. The Bertz CT molecular complexity index is 1660. The largest absolute Gasteiger partial charge is 0.453 e. The molecule has 32 heavy (non-hydrogen) atoms. The Morgan fingerprint density at radius 2 is 1.50 bits per heavy atom. The van der Waals surface area contributed by atoms with Gasteiger partial charge in [0.2, 0.25) is 11.6 Å². The molecule has 0 fully saturated rings. The molecule has 0 unspecified atom stereocenters. The third-order valence-corrected chi connectivity index (χ3v) is 6.01. The summed E-state index contributed by atoms with van der Waals surface area (Å²) in [6, 6.07) is 19.9. The van der Waals surface area contributed by atoms with Crippen molar-refractivity contribution < 1.29 is 14.3 Å². The van der Waals surface area contributed by atoms with Crippen LogP contribution < -0.4 is 4.74 Å². The van der Waals surface area contributed by atoms with Crippen LogP contribution in [0.25, 0.3) is 33.6 Å². The number of carbonyl (C=O) groups excluding carboxylic acids is 2. The highest BCUT2D eigenvalue weighted by atomic mass is 16.5. The number of fused-ring (bicyclic) bond motifs is 6. The van der Waals surface area contributed by atoms with Gasteiger partial charge < -0.3 is 9.30 Å². The van der Waals surface area contributed by atoms with Gasteiger partial charge in [-0.05, 0) is 42.0 Å². The first-order valence-corrected chi connectivity index (χ1v) is 10.2. The molecule has 6 heteroatoms. The van der Waals surface area contributed by atoms with Crippen LogP contribution >= 0.6 is 0 Å². The molecule has 0 amide bonds. The highest BCUT2D eigenvalue weighted by Gasteiger charge is 2.36. The van der Waals surface area contributed by atoms with Gasteiger partial charge in [0.1, 0.15) is 11.4 Å². The summed E-state index contributed by atoms with van der Waals surface area (Å²) in [7, 11) is 0. The molecule has 2 aliphatic rings. The van der Waals surface area contributed by atoms with Gasteiger partial charge >= 0.3 is 0 Å². The van der Waals surface area contributed by atoms with E-state index < -0.39 is 11.6 Å². The second kappa shape index (κ2) is 5.98. The Hall–Kier alpha value is -4.58. The highest BCUT2D eigenvalue weighted by molar-refractivity contribution is 6.40. The molecule has 0 saturated heterocycles. The van der Waals surface area contributed by atoms with Crippen LogP contribution in [0.15, 0.2) is 78.6 Å². The minimum absolute atomic E-state index is 0.0673. The van der Waals surface area contributed by atoms with Crippen molar-refractivity contribution in [3.8, 4) is 17.2 Å². The average Bonchev–Trinajstić information content (AvgIpc) is 3.29. The zero-order chi connectivity index (χ0) is 21.4. The van der Waals surface area contributed by atoms with Gasteiger partial charge in [0, 0.05) is 23.2 Å². The molecular weight excluding hydrogens is 402 g/mol. The van der Waals surface area contributed by atoms with E-state index in [-0.39, 0.29) is 17.0 Å². The smallest absolute Gasteiger partial charge is 0.217 e. The number of rotatable bonds is 1. The van der Waals surface area contributed by atoms with Crippen molar-refractivity contribution in [2.75, 3.05) is 0 Å². The molecule has 0 spiro atoms. The molecule has 5 aromatic rings. The van der Waals surface area contributed by atoms with Crippen molar-refractivity contribution in [2.45, 2.75) is 0 Å². The molecule has 0 bridgehead atoms. The molecular formula is C26H13N3O3. The molecule has 2 aromatic heterocycles. The zero-order valence-electron chi connectivity index (χ0n) is 16.6. The van der Waals surface area contributed by atoms with E-state index in [9.17, 15) is 9.59 Å². The van der Waals surface area contributed by atoms with Gasteiger partial charge in [-0.1, -0.05) is 30.3 Å². The van der Waals surface area contributed by atoms with Gasteiger partial charge in [0.05, 0.1) is 22.3 Å². The number of carbonyl (C=O) groups is 2. The first kappa shape index (κ1) is 17.1. The quantitative estimate of drug-likeness (QED) is 0.275. The number of nitrogens with zero attached hydrogens (tertiary/aromatic N) is 3. The van der Waals surface area contributed by atoms with Crippen LogP contribution in [-0.2, 0) is 0 Å². The second-order valence-electron chi connectivity index (χ2n) is 7.81. The molecule has 3 aromatic carbocycles. The number of ether oxygens (including phenoxy) is 1. The van der Waals surface area contributed by atoms with E-state index in [2.05, 4.69) is 26.7 Å². The Labute approximate surface area is 181 Å². The topological polar surface area (TPSA) is 74.1 Å². The maximum atomic E-state index is 12.8. The number of hydrogen-bond donors (Lipinski definition) is 0. The van der Waals surface area contributed by atoms with E-state index in [0.717, 1.165) is 33.2 Å². The molecule has 150 valence electrons. The predicted molar refractivity (Wildman–Crippen MR) is 120 cm³/mol. The second-order valence-corrected chi connectivity index (χ2v) is 7.81. The molecule has 3 heterocycles. The minimum atomic E-state index is -0.402. The minimum Gasteiger partial charge on any atom is -0.453 e. The molecule has 1 aliphatic heterocycles.